The van der Waals surface area contributed by atoms with Gasteiger partial charge in [-0.3, -0.25) is 9.69 Å². The van der Waals surface area contributed by atoms with Gasteiger partial charge in [0.05, 0.1) is 13.2 Å². The van der Waals surface area contributed by atoms with Crippen LogP contribution >= 0.6 is 0 Å². The average Bonchev–Trinajstić information content (AvgIpc) is 2.30. The van der Waals surface area contributed by atoms with E-state index in [1.165, 1.54) is 0 Å². The van der Waals surface area contributed by atoms with E-state index in [1.807, 2.05) is 4.90 Å². The highest BCUT2D eigenvalue weighted by Crippen LogP contribution is 2.00. The van der Waals surface area contributed by atoms with E-state index in [-0.39, 0.29) is 12.5 Å². The highest BCUT2D eigenvalue weighted by molar-refractivity contribution is 5.78. The van der Waals surface area contributed by atoms with Gasteiger partial charge in [0.2, 0.25) is 5.91 Å². The Morgan fingerprint density at radius 3 is 2.62 bits per heavy atom. The number of piperazine rings is 1. The van der Waals surface area contributed by atoms with Crippen molar-refractivity contribution in [3.05, 3.63) is 12.7 Å². The summed E-state index contributed by atoms with van der Waals surface area (Å²) in [6.07, 6.45) is 1.74. The molecule has 5 nitrogen and oxygen atoms in total. The normalized spacial score (nSPS) is 17.4. The zero-order valence-electron chi connectivity index (χ0n) is 9.69. The smallest absolute Gasteiger partial charge is 0.236 e. The third-order valence-corrected chi connectivity index (χ3v) is 2.71. The fraction of sp³-hybridized carbons (Fsp3) is 0.727. The number of β-amino-alcohol motifs (C(OH)–C–C–N with tert-alkyl or cyclic N) is 1. The Balaban J connectivity index is 2.19. The van der Waals surface area contributed by atoms with Crippen LogP contribution in [-0.4, -0.2) is 73.2 Å². The number of nitrogens with zero attached hydrogens (tertiary/aromatic N) is 2. The van der Waals surface area contributed by atoms with Crippen LogP contribution in [0.3, 0.4) is 0 Å². The van der Waals surface area contributed by atoms with Crippen LogP contribution in [0.1, 0.15) is 0 Å². The van der Waals surface area contributed by atoms with E-state index in [1.54, 1.807) is 6.08 Å². The molecule has 0 aromatic heterocycles. The molecule has 16 heavy (non-hydrogen) atoms. The maximum atomic E-state index is 11.7. The zero-order chi connectivity index (χ0) is 11.8. The predicted octanol–water partition coefficient (Wildman–Crippen LogP) is -1.10. The molecule has 1 aliphatic heterocycles. The summed E-state index contributed by atoms with van der Waals surface area (Å²) < 4.78 is 0. The summed E-state index contributed by atoms with van der Waals surface area (Å²) in [5, 5.41) is 11.8. The highest BCUT2D eigenvalue weighted by atomic mass is 16.3. The fourth-order valence-electron chi connectivity index (χ4n) is 1.76. The number of amides is 1. The number of rotatable bonds is 6. The van der Waals surface area contributed by atoms with Gasteiger partial charge < -0.3 is 15.3 Å². The van der Waals surface area contributed by atoms with Crippen molar-refractivity contribution in [2.24, 2.45) is 0 Å². The monoisotopic (exact) mass is 227 g/mol. The van der Waals surface area contributed by atoms with Crippen LogP contribution in [0, 0.1) is 0 Å². The Kier molecular flexibility index (Phi) is 6.07. The van der Waals surface area contributed by atoms with Crippen molar-refractivity contribution in [1.82, 2.24) is 15.1 Å². The second-order valence-electron chi connectivity index (χ2n) is 3.87. The van der Waals surface area contributed by atoms with Gasteiger partial charge in [0.15, 0.2) is 0 Å². The van der Waals surface area contributed by atoms with Crippen molar-refractivity contribution in [3.8, 4) is 0 Å². The second-order valence-corrected chi connectivity index (χ2v) is 3.87. The molecule has 0 unspecified atom stereocenters. The minimum Gasteiger partial charge on any atom is -0.395 e. The van der Waals surface area contributed by atoms with E-state index in [9.17, 15) is 4.79 Å². The zero-order valence-corrected chi connectivity index (χ0v) is 9.69. The SMILES string of the molecule is C=CCNCC(=O)N1CCN(CCO)CC1. The first-order valence-corrected chi connectivity index (χ1v) is 5.70. The molecule has 0 bridgehead atoms. The number of nitrogens with one attached hydrogen (secondary N) is 1. The van der Waals surface area contributed by atoms with E-state index in [0.29, 0.717) is 19.6 Å². The summed E-state index contributed by atoms with van der Waals surface area (Å²) in [5.41, 5.74) is 0. The first-order chi connectivity index (χ1) is 7.77. The molecule has 1 amide bonds. The maximum absolute atomic E-state index is 11.7. The molecule has 2 N–H and O–H groups in total. The lowest BCUT2D eigenvalue weighted by atomic mass is 10.3. The van der Waals surface area contributed by atoms with Gasteiger partial charge in [-0.05, 0) is 0 Å². The van der Waals surface area contributed by atoms with Gasteiger partial charge in [-0.25, -0.2) is 0 Å². The van der Waals surface area contributed by atoms with Crippen LogP contribution < -0.4 is 5.32 Å². The second kappa shape index (κ2) is 7.38. The largest absolute Gasteiger partial charge is 0.395 e. The molecule has 0 spiro atoms. The fourth-order valence-corrected chi connectivity index (χ4v) is 1.76. The van der Waals surface area contributed by atoms with Crippen molar-refractivity contribution in [1.29, 1.82) is 0 Å². The molecule has 0 aliphatic carbocycles. The molecule has 5 heteroatoms. The Morgan fingerprint density at radius 1 is 1.38 bits per heavy atom. The molecule has 1 fully saturated rings. The van der Waals surface area contributed by atoms with Crippen molar-refractivity contribution in [2.45, 2.75) is 0 Å². The molecule has 0 saturated carbocycles. The van der Waals surface area contributed by atoms with Crippen LogP contribution in [0.25, 0.3) is 0 Å². The molecular weight excluding hydrogens is 206 g/mol. The van der Waals surface area contributed by atoms with Gasteiger partial charge in [-0.1, -0.05) is 6.08 Å². The molecular formula is C11H21N3O2. The lowest BCUT2D eigenvalue weighted by molar-refractivity contribution is -0.131. The Bertz CT molecular complexity index is 225. The summed E-state index contributed by atoms with van der Waals surface area (Å²) in [6, 6.07) is 0. The third kappa shape index (κ3) is 4.30. The van der Waals surface area contributed by atoms with Crippen LogP contribution in [-0.2, 0) is 4.79 Å². The van der Waals surface area contributed by atoms with Gasteiger partial charge in [0, 0.05) is 39.3 Å². The Labute approximate surface area is 96.7 Å². The lowest BCUT2D eigenvalue weighted by Gasteiger charge is -2.34. The molecule has 1 rings (SSSR count). The quantitative estimate of drug-likeness (QED) is 0.447. The Hall–Kier alpha value is -0.910. The van der Waals surface area contributed by atoms with E-state index >= 15 is 0 Å². The van der Waals surface area contributed by atoms with Crippen molar-refractivity contribution in [3.63, 3.8) is 0 Å². The summed E-state index contributed by atoms with van der Waals surface area (Å²) in [5.74, 6) is 0.144. The first-order valence-electron chi connectivity index (χ1n) is 5.70. The van der Waals surface area contributed by atoms with Crippen molar-refractivity contribution < 1.29 is 9.90 Å². The van der Waals surface area contributed by atoms with Crippen LogP contribution in [0.5, 0.6) is 0 Å². The molecule has 1 heterocycles. The summed E-state index contributed by atoms with van der Waals surface area (Å²) in [7, 11) is 0. The molecule has 0 atom stereocenters. The maximum Gasteiger partial charge on any atom is 0.236 e. The van der Waals surface area contributed by atoms with E-state index < -0.39 is 0 Å². The summed E-state index contributed by atoms with van der Waals surface area (Å²) >= 11 is 0. The van der Waals surface area contributed by atoms with E-state index in [2.05, 4.69) is 16.8 Å². The van der Waals surface area contributed by atoms with Crippen LogP contribution in [0.2, 0.25) is 0 Å². The number of aliphatic hydroxyl groups is 1. The lowest BCUT2D eigenvalue weighted by Crippen LogP contribution is -2.51. The summed E-state index contributed by atoms with van der Waals surface area (Å²) in [6.45, 7) is 8.75. The molecule has 0 aromatic rings. The minimum atomic E-state index is 0.144. The summed E-state index contributed by atoms with van der Waals surface area (Å²) in [4.78, 5) is 15.7. The number of aliphatic hydroxyl groups excluding tert-OH is 1. The van der Waals surface area contributed by atoms with Crippen LogP contribution in [0.4, 0.5) is 0 Å². The highest BCUT2D eigenvalue weighted by Gasteiger charge is 2.19. The van der Waals surface area contributed by atoms with E-state index in [4.69, 9.17) is 5.11 Å². The molecule has 1 aliphatic rings. The van der Waals surface area contributed by atoms with Gasteiger partial charge in [0.25, 0.3) is 0 Å². The van der Waals surface area contributed by atoms with Gasteiger partial charge in [-0.15, -0.1) is 6.58 Å². The number of carbonyl (C=O) groups excluding carboxylic acids is 1. The number of hydrogen-bond donors (Lipinski definition) is 2. The molecule has 0 radical (unpaired) electrons. The third-order valence-electron chi connectivity index (χ3n) is 2.71. The van der Waals surface area contributed by atoms with Crippen molar-refractivity contribution >= 4 is 5.91 Å². The standard InChI is InChI=1S/C11H21N3O2/c1-2-3-12-10-11(16)14-6-4-13(5-7-14)8-9-15/h2,12,15H,1,3-10H2. The van der Waals surface area contributed by atoms with E-state index in [0.717, 1.165) is 26.2 Å². The number of hydrogen-bond acceptors (Lipinski definition) is 4. The predicted molar refractivity (Wildman–Crippen MR) is 63.2 cm³/mol. The van der Waals surface area contributed by atoms with Gasteiger partial charge in [0.1, 0.15) is 0 Å². The van der Waals surface area contributed by atoms with Gasteiger partial charge in [-0.2, -0.15) is 0 Å². The van der Waals surface area contributed by atoms with Crippen LogP contribution in [0.15, 0.2) is 12.7 Å². The van der Waals surface area contributed by atoms with Gasteiger partial charge >= 0.3 is 0 Å². The first kappa shape index (κ1) is 13.2. The molecule has 92 valence electrons. The Morgan fingerprint density at radius 2 is 2.06 bits per heavy atom. The average molecular weight is 227 g/mol. The number of carbonyl (C=O) groups is 1. The minimum absolute atomic E-state index is 0.144. The van der Waals surface area contributed by atoms with Crippen molar-refractivity contribution in [2.75, 3.05) is 52.4 Å². The molecule has 1 saturated heterocycles. The molecule has 0 aromatic carbocycles. The topological polar surface area (TPSA) is 55.8 Å².